The minimum absolute atomic E-state index is 0.283. The van der Waals surface area contributed by atoms with Crippen LogP contribution < -0.4 is 5.73 Å². The largest absolute Gasteiger partial charge is 0.508 e. The summed E-state index contributed by atoms with van der Waals surface area (Å²) < 4.78 is 0. The lowest BCUT2D eigenvalue weighted by molar-refractivity contribution is 0.338. The highest BCUT2D eigenvalue weighted by Gasteiger charge is 2.23. The lowest BCUT2D eigenvalue weighted by atomic mass is 9.88. The highest BCUT2D eigenvalue weighted by molar-refractivity contribution is 5.46. The van der Waals surface area contributed by atoms with Crippen LogP contribution in [-0.2, 0) is 6.42 Å². The van der Waals surface area contributed by atoms with Crippen molar-refractivity contribution in [3.8, 4) is 5.75 Å². The Morgan fingerprint density at radius 2 is 1.90 bits per heavy atom. The molecule has 2 aromatic carbocycles. The van der Waals surface area contributed by atoms with Crippen LogP contribution in [0.25, 0.3) is 0 Å². The van der Waals surface area contributed by atoms with Crippen LogP contribution in [0.5, 0.6) is 5.75 Å². The summed E-state index contributed by atoms with van der Waals surface area (Å²) in [5.41, 5.74) is 10.4. The first-order valence-corrected chi connectivity index (χ1v) is 6.99. The Balaban J connectivity index is 2.08. The quantitative estimate of drug-likeness (QED) is 0.782. The standard InChI is InChI=1S/C17H20N2O/c1-19-9-8-13-4-7-15(20)10-16(13)17(11-19)12-2-5-14(18)6-3-12/h2-7,10,17,20H,8-9,11,18H2,1H3/t17-/m1/s1. The van der Waals surface area contributed by atoms with E-state index in [0.29, 0.717) is 5.75 Å². The predicted molar refractivity (Wildman–Crippen MR) is 82.0 cm³/mol. The Morgan fingerprint density at radius 1 is 1.15 bits per heavy atom. The second kappa shape index (κ2) is 5.17. The number of fused-ring (bicyclic) bond motifs is 1. The molecule has 0 unspecified atom stereocenters. The van der Waals surface area contributed by atoms with Gasteiger partial charge in [0.15, 0.2) is 0 Å². The van der Waals surface area contributed by atoms with E-state index in [1.54, 1.807) is 6.07 Å². The Bertz CT molecular complexity index is 607. The van der Waals surface area contributed by atoms with Crippen LogP contribution in [-0.4, -0.2) is 30.1 Å². The third-order valence-electron chi connectivity index (χ3n) is 4.10. The van der Waals surface area contributed by atoms with Gasteiger partial charge in [0.05, 0.1) is 0 Å². The molecular weight excluding hydrogens is 248 g/mol. The van der Waals surface area contributed by atoms with Crippen molar-refractivity contribution >= 4 is 5.69 Å². The number of phenolic OH excluding ortho intramolecular Hbond substituents is 1. The zero-order valence-corrected chi connectivity index (χ0v) is 11.7. The average Bonchev–Trinajstić information content (AvgIpc) is 2.59. The van der Waals surface area contributed by atoms with E-state index in [1.165, 1.54) is 16.7 Å². The minimum atomic E-state index is 0.283. The summed E-state index contributed by atoms with van der Waals surface area (Å²) in [6, 6.07) is 13.8. The molecule has 0 saturated carbocycles. The molecule has 0 aromatic heterocycles. The number of nitrogen functional groups attached to an aromatic ring is 1. The fraction of sp³-hybridized carbons (Fsp3) is 0.294. The third-order valence-corrected chi connectivity index (χ3v) is 4.10. The summed E-state index contributed by atoms with van der Waals surface area (Å²) in [7, 11) is 2.15. The molecule has 3 heteroatoms. The van der Waals surface area contributed by atoms with E-state index in [9.17, 15) is 5.11 Å². The second-order valence-corrected chi connectivity index (χ2v) is 5.61. The lowest BCUT2D eigenvalue weighted by Gasteiger charge is -2.22. The zero-order valence-electron chi connectivity index (χ0n) is 11.7. The van der Waals surface area contributed by atoms with Gasteiger partial charge < -0.3 is 15.7 Å². The van der Waals surface area contributed by atoms with Crippen LogP contribution in [0.3, 0.4) is 0 Å². The van der Waals surface area contributed by atoms with Crippen molar-refractivity contribution in [2.75, 3.05) is 25.9 Å². The van der Waals surface area contributed by atoms with Crippen LogP contribution in [0.15, 0.2) is 42.5 Å². The van der Waals surface area contributed by atoms with E-state index in [4.69, 9.17) is 5.73 Å². The van der Waals surface area contributed by atoms with Crippen LogP contribution in [0.4, 0.5) is 5.69 Å². The molecule has 1 atom stereocenters. The summed E-state index contributed by atoms with van der Waals surface area (Å²) in [4.78, 5) is 2.35. The van der Waals surface area contributed by atoms with Gasteiger partial charge in [-0.15, -0.1) is 0 Å². The number of phenols is 1. The number of aromatic hydroxyl groups is 1. The summed E-state index contributed by atoms with van der Waals surface area (Å²) >= 11 is 0. The fourth-order valence-corrected chi connectivity index (χ4v) is 2.96. The number of rotatable bonds is 1. The molecule has 3 N–H and O–H groups in total. The SMILES string of the molecule is CN1CCc2ccc(O)cc2[C@@H](c2ccc(N)cc2)C1. The average molecular weight is 268 g/mol. The van der Waals surface area contributed by atoms with Crippen LogP contribution in [0, 0.1) is 0 Å². The molecule has 0 bridgehead atoms. The first kappa shape index (κ1) is 13.0. The van der Waals surface area contributed by atoms with Crippen molar-refractivity contribution in [3.63, 3.8) is 0 Å². The Kier molecular flexibility index (Phi) is 3.36. The molecule has 0 fully saturated rings. The first-order chi connectivity index (χ1) is 9.63. The molecule has 1 aliphatic rings. The summed E-state index contributed by atoms with van der Waals surface area (Å²) in [5, 5.41) is 9.82. The molecule has 3 rings (SSSR count). The number of anilines is 1. The first-order valence-electron chi connectivity index (χ1n) is 6.99. The second-order valence-electron chi connectivity index (χ2n) is 5.61. The minimum Gasteiger partial charge on any atom is -0.508 e. The van der Waals surface area contributed by atoms with Gasteiger partial charge >= 0.3 is 0 Å². The van der Waals surface area contributed by atoms with Gasteiger partial charge in [-0.3, -0.25) is 0 Å². The molecule has 0 aliphatic carbocycles. The molecule has 0 spiro atoms. The molecule has 20 heavy (non-hydrogen) atoms. The molecule has 1 heterocycles. The monoisotopic (exact) mass is 268 g/mol. The van der Waals surface area contributed by atoms with E-state index in [2.05, 4.69) is 24.1 Å². The van der Waals surface area contributed by atoms with Crippen LogP contribution in [0.2, 0.25) is 0 Å². The fourth-order valence-electron chi connectivity index (χ4n) is 2.96. The molecule has 2 aromatic rings. The Labute approximate surface area is 119 Å². The highest BCUT2D eigenvalue weighted by Crippen LogP contribution is 2.33. The number of hydrogen-bond donors (Lipinski definition) is 2. The van der Waals surface area contributed by atoms with E-state index >= 15 is 0 Å². The number of nitrogens with two attached hydrogens (primary N) is 1. The van der Waals surface area contributed by atoms with Crippen molar-refractivity contribution in [2.45, 2.75) is 12.3 Å². The number of likely N-dealkylation sites (N-methyl/N-ethyl adjacent to an activating group) is 1. The van der Waals surface area contributed by atoms with Crippen molar-refractivity contribution < 1.29 is 5.11 Å². The number of benzene rings is 2. The Morgan fingerprint density at radius 3 is 2.65 bits per heavy atom. The summed E-state index contributed by atoms with van der Waals surface area (Å²) in [6.45, 7) is 2.00. The highest BCUT2D eigenvalue weighted by atomic mass is 16.3. The maximum atomic E-state index is 9.82. The molecule has 0 radical (unpaired) electrons. The van der Waals surface area contributed by atoms with Gasteiger partial charge in [0.25, 0.3) is 0 Å². The van der Waals surface area contributed by atoms with E-state index in [-0.39, 0.29) is 5.92 Å². The van der Waals surface area contributed by atoms with Crippen molar-refractivity contribution in [3.05, 3.63) is 59.2 Å². The van der Waals surface area contributed by atoms with Gasteiger partial charge in [-0.25, -0.2) is 0 Å². The van der Waals surface area contributed by atoms with Gasteiger partial charge in [-0.2, -0.15) is 0 Å². The van der Waals surface area contributed by atoms with Gasteiger partial charge in [0.2, 0.25) is 0 Å². The molecule has 1 aliphatic heterocycles. The summed E-state index contributed by atoms with van der Waals surface area (Å²) in [6.07, 6.45) is 1.03. The van der Waals surface area contributed by atoms with Gasteiger partial charge in [0.1, 0.15) is 5.75 Å². The van der Waals surface area contributed by atoms with E-state index < -0.39 is 0 Å². The number of nitrogens with zero attached hydrogens (tertiary/aromatic N) is 1. The molecule has 0 saturated heterocycles. The van der Waals surface area contributed by atoms with Crippen LogP contribution >= 0.6 is 0 Å². The molecule has 104 valence electrons. The van der Waals surface area contributed by atoms with Crippen LogP contribution in [0.1, 0.15) is 22.6 Å². The van der Waals surface area contributed by atoms with Gasteiger partial charge in [-0.1, -0.05) is 18.2 Å². The topological polar surface area (TPSA) is 49.5 Å². The third kappa shape index (κ3) is 2.49. The van der Waals surface area contributed by atoms with E-state index in [1.807, 2.05) is 24.3 Å². The normalized spacial score (nSPS) is 19.4. The van der Waals surface area contributed by atoms with Gasteiger partial charge in [0, 0.05) is 24.7 Å². The van der Waals surface area contributed by atoms with Crippen molar-refractivity contribution in [1.29, 1.82) is 0 Å². The predicted octanol–water partition coefficient (Wildman–Crippen LogP) is 2.59. The van der Waals surface area contributed by atoms with Crippen molar-refractivity contribution in [2.24, 2.45) is 0 Å². The Hall–Kier alpha value is -2.00. The zero-order chi connectivity index (χ0) is 14.1. The lowest BCUT2D eigenvalue weighted by Crippen LogP contribution is -2.24. The van der Waals surface area contributed by atoms with E-state index in [0.717, 1.165) is 25.2 Å². The van der Waals surface area contributed by atoms with Gasteiger partial charge in [-0.05, 0) is 54.4 Å². The van der Waals surface area contributed by atoms with Crippen molar-refractivity contribution in [1.82, 2.24) is 4.90 Å². The maximum absolute atomic E-state index is 9.82. The maximum Gasteiger partial charge on any atom is 0.115 e. The molecular formula is C17H20N2O. The molecule has 0 amide bonds. The smallest absolute Gasteiger partial charge is 0.115 e. The number of hydrogen-bond acceptors (Lipinski definition) is 3. The summed E-state index contributed by atoms with van der Waals surface area (Å²) in [5.74, 6) is 0.624. The molecule has 3 nitrogen and oxygen atoms in total.